The molecule has 24 heteroatoms. The standard InChI is InChI=1S/C16H29NO7.2C11H22O4.C10H20O4.C5H13O2P.Na/c1-6-9(19)12(21)13-11(17-8(2)18)10(20)7-16(24-13,14(22)23)15(3,4)5;2*1-5-6-7(12)8(13)9(14)10(15-6)11(2,3)4;1-5-6(11)7(12)8(13)9(14-5)10(2,3)4;1-5(2,3)8(4,6)7;/h9-13,19-21H,6-7H2,1-5H3,(H,17,18)(H,22,23);2*6-10,12-14H,5H2,1-4H3;5-9,11-13H,1-4H3;1-4H3,(H,6,7);/q;;;;;+1/p-2. The second-order valence-corrected chi connectivity index (χ2v) is 29.2. The number of carboxylic acid groups (broad SMARTS) is 1. The Morgan fingerprint density at radius 1 is 0.623 bits per heavy atom. The third kappa shape index (κ3) is 21.6. The first-order chi connectivity index (χ1) is 33.9. The Morgan fingerprint density at radius 3 is 1.21 bits per heavy atom. The molecule has 4 aliphatic heterocycles. The molecule has 4 saturated heterocycles. The van der Waals surface area contributed by atoms with Gasteiger partial charge in [-0.3, -0.25) is 4.79 Å². The number of carboxylic acids is 1. The van der Waals surface area contributed by atoms with Crippen LogP contribution in [-0.2, 0) is 33.1 Å². The van der Waals surface area contributed by atoms with Gasteiger partial charge < -0.3 is 105 Å². The zero-order valence-electron chi connectivity index (χ0n) is 50.4. The number of rotatable bonds is 7. The first kappa shape index (κ1) is 78.6. The molecule has 22 atom stereocenters. The number of carbonyl (C=O) groups excluding carboxylic acids is 2. The molecule has 4 heterocycles. The number of amides is 1. The van der Waals surface area contributed by atoms with Gasteiger partial charge in [-0.2, -0.15) is 0 Å². The molecule has 4 aliphatic rings. The molecule has 1 amide bonds. The Labute approximate surface area is 481 Å². The molecule has 0 aromatic rings. The molecule has 0 spiro atoms. The van der Waals surface area contributed by atoms with Crippen molar-refractivity contribution < 1.29 is 134 Å². The summed E-state index contributed by atoms with van der Waals surface area (Å²) in [5.41, 5.74) is -3.60. The maximum absolute atomic E-state index is 11.8. The molecule has 4 fully saturated rings. The van der Waals surface area contributed by atoms with Crippen LogP contribution in [0.3, 0.4) is 0 Å². The minimum Gasteiger partial charge on any atom is -0.799 e. The van der Waals surface area contributed by atoms with Crippen molar-refractivity contribution in [1.29, 1.82) is 0 Å². The number of hydrogen-bond donors (Lipinski definition) is 13. The Morgan fingerprint density at radius 2 is 0.948 bits per heavy atom. The molecule has 0 aromatic carbocycles. The number of aliphatic carboxylic acids is 1. The van der Waals surface area contributed by atoms with Gasteiger partial charge in [0.15, 0.2) is 0 Å². The Balaban J connectivity index is 0. The van der Waals surface area contributed by atoms with Crippen molar-refractivity contribution in [1.82, 2.24) is 5.32 Å². The van der Waals surface area contributed by atoms with E-state index in [9.17, 15) is 85.4 Å². The van der Waals surface area contributed by atoms with E-state index in [4.69, 9.17) is 18.9 Å². The van der Waals surface area contributed by atoms with E-state index in [-0.39, 0.29) is 58.6 Å². The van der Waals surface area contributed by atoms with Crippen molar-refractivity contribution in [2.45, 2.75) is 297 Å². The molecule has 13 N–H and O–H groups in total. The minimum atomic E-state index is -3.10. The normalized spacial score (nSPS) is 37.5. The summed E-state index contributed by atoms with van der Waals surface area (Å²) >= 11 is 0. The minimum absolute atomic E-state index is 0. The molecule has 77 heavy (non-hydrogen) atoms. The number of hydrogen-bond acceptors (Lipinski definition) is 21. The second-order valence-electron chi connectivity index (χ2n) is 26.2. The van der Waals surface area contributed by atoms with E-state index < -0.39 is 157 Å². The SMILES string of the molecule is CC(C)(C)P(C)(=O)[O-].CC1OC(C(C)(C)C)C(O)C(O)C1O.CCC(O)C(O)C1OC(C(=O)[O-])(C(C)(C)C)CC(O)C1NC(C)=O.CCC1OC(C(C)(C)C)C(O)C(O)C1O.CCC1OC(C(C)(C)C)C(O)C(O)C1O.[Na+]. The number of aliphatic hydroxyl groups is 12. The second kappa shape index (κ2) is 30.9. The largest absolute Gasteiger partial charge is 1.00 e. The van der Waals surface area contributed by atoms with Crippen molar-refractivity contribution in [2.24, 2.45) is 21.7 Å². The van der Waals surface area contributed by atoms with Crippen molar-refractivity contribution in [3.63, 3.8) is 0 Å². The number of carbonyl (C=O) groups is 2. The fourth-order valence-electron chi connectivity index (χ4n) is 8.85. The number of aliphatic hydroxyl groups excluding tert-OH is 12. The van der Waals surface area contributed by atoms with Gasteiger partial charge in [-0.15, -0.1) is 0 Å². The average Bonchev–Trinajstić information content (AvgIpc) is 3.26. The summed E-state index contributed by atoms with van der Waals surface area (Å²) in [7, 11) is -3.10. The van der Waals surface area contributed by atoms with Crippen molar-refractivity contribution in [2.75, 3.05) is 6.66 Å². The van der Waals surface area contributed by atoms with E-state index >= 15 is 0 Å². The predicted octanol–water partition coefficient (Wildman–Crippen LogP) is -3.15. The van der Waals surface area contributed by atoms with Gasteiger partial charge in [0.05, 0.1) is 60.8 Å². The molecule has 454 valence electrons. The fourth-order valence-corrected chi connectivity index (χ4v) is 8.85. The molecule has 0 bridgehead atoms. The van der Waals surface area contributed by atoms with Gasteiger partial charge in [-0.1, -0.05) is 125 Å². The van der Waals surface area contributed by atoms with E-state index in [1.54, 1.807) is 55.4 Å². The van der Waals surface area contributed by atoms with Crippen LogP contribution in [0.25, 0.3) is 0 Å². The van der Waals surface area contributed by atoms with E-state index in [1.807, 2.05) is 76.2 Å². The molecule has 22 unspecified atom stereocenters. The first-order valence-corrected chi connectivity index (χ1v) is 28.6. The molecule has 0 aliphatic carbocycles. The quantitative estimate of drug-likeness (QED) is 0.0884. The first-order valence-electron chi connectivity index (χ1n) is 26.5. The average molecular weight is 1150 g/mol. The van der Waals surface area contributed by atoms with Crippen LogP contribution < -0.4 is 44.9 Å². The third-order valence-electron chi connectivity index (χ3n) is 14.5. The van der Waals surface area contributed by atoms with E-state index in [0.29, 0.717) is 12.8 Å². The molecule has 22 nitrogen and oxygen atoms in total. The zero-order chi connectivity index (χ0) is 60.6. The van der Waals surface area contributed by atoms with Gasteiger partial charge in [-0.05, 0) is 54.5 Å². The van der Waals surface area contributed by atoms with Crippen LogP contribution in [0, 0.1) is 21.7 Å². The molecular formula is C53H104NNaO21P-. The van der Waals surface area contributed by atoms with Gasteiger partial charge in [0.2, 0.25) is 5.91 Å². The Bertz CT molecular complexity index is 1740. The van der Waals surface area contributed by atoms with Gasteiger partial charge in [-0.25, -0.2) is 0 Å². The molecular weight excluding hydrogens is 1040 g/mol. The smallest absolute Gasteiger partial charge is 0.799 e. The monoisotopic (exact) mass is 1140 g/mol. The summed E-state index contributed by atoms with van der Waals surface area (Å²) in [5.74, 6) is -1.99. The Hall–Kier alpha value is -0.510. The predicted molar refractivity (Wildman–Crippen MR) is 281 cm³/mol. The topological polar surface area (TPSA) is 389 Å². The van der Waals surface area contributed by atoms with Crippen LogP contribution in [-0.4, -0.2) is 213 Å². The van der Waals surface area contributed by atoms with Crippen LogP contribution in [0.1, 0.15) is 164 Å². The molecule has 4 rings (SSSR count). The van der Waals surface area contributed by atoms with Crippen molar-refractivity contribution in [3.8, 4) is 0 Å². The van der Waals surface area contributed by atoms with E-state index in [2.05, 4.69) is 5.32 Å². The van der Waals surface area contributed by atoms with E-state index in [0.717, 1.165) is 0 Å². The summed E-state index contributed by atoms with van der Waals surface area (Å²) in [6.07, 6.45) is -16.2. The summed E-state index contributed by atoms with van der Waals surface area (Å²) < 4.78 is 33.2. The summed E-state index contributed by atoms with van der Waals surface area (Å²) in [5, 5.41) is 132. The number of ether oxygens (including phenoxy) is 4. The zero-order valence-corrected chi connectivity index (χ0v) is 53.3. The number of nitrogens with one attached hydrogen (secondary N) is 1. The summed E-state index contributed by atoms with van der Waals surface area (Å²) in [4.78, 5) is 33.9. The van der Waals surface area contributed by atoms with Gasteiger partial charge in [0.1, 0.15) is 72.7 Å². The maximum Gasteiger partial charge on any atom is 1.00 e. The maximum atomic E-state index is 11.8. The van der Waals surface area contributed by atoms with Gasteiger partial charge >= 0.3 is 29.6 Å². The van der Waals surface area contributed by atoms with E-state index in [1.165, 1.54) is 13.6 Å². The van der Waals surface area contributed by atoms with Crippen LogP contribution >= 0.6 is 7.37 Å². The van der Waals surface area contributed by atoms with Crippen LogP contribution in [0.4, 0.5) is 0 Å². The summed E-state index contributed by atoms with van der Waals surface area (Å²) in [6, 6.07) is -1.05. The molecule has 0 radical (unpaired) electrons. The van der Waals surface area contributed by atoms with Crippen molar-refractivity contribution >= 4 is 19.2 Å². The van der Waals surface area contributed by atoms with Crippen molar-refractivity contribution in [3.05, 3.63) is 0 Å². The van der Waals surface area contributed by atoms with Crippen LogP contribution in [0.15, 0.2) is 0 Å². The third-order valence-corrected chi connectivity index (χ3v) is 17.0. The Kier molecular flexibility index (Phi) is 31.5. The summed E-state index contributed by atoms with van der Waals surface area (Å²) in [6.45, 7) is 37.0. The van der Waals surface area contributed by atoms with Crippen LogP contribution in [0.5, 0.6) is 0 Å². The van der Waals surface area contributed by atoms with Crippen LogP contribution in [0.2, 0.25) is 0 Å². The molecule has 0 aromatic heterocycles. The van der Waals surface area contributed by atoms with Gasteiger partial charge in [0.25, 0.3) is 0 Å². The van der Waals surface area contributed by atoms with Gasteiger partial charge in [0, 0.05) is 25.9 Å². The fraction of sp³-hybridized carbons (Fsp3) is 0.962. The molecule has 0 saturated carbocycles.